The molecule has 1 aromatic heterocycles. The normalized spacial score (nSPS) is 10.9. The van der Waals surface area contributed by atoms with Crippen LogP contribution in [-0.2, 0) is 9.53 Å². The molecule has 2 aromatic carbocycles. The van der Waals surface area contributed by atoms with Gasteiger partial charge >= 0.3 is 5.97 Å². The van der Waals surface area contributed by atoms with Crippen molar-refractivity contribution in [2.45, 2.75) is 20.3 Å². The smallest absolute Gasteiger partial charge is 0.338 e. The van der Waals surface area contributed by atoms with Crippen LogP contribution < -0.4 is 5.32 Å². The fourth-order valence-electron chi connectivity index (χ4n) is 2.83. The number of para-hydroxylation sites is 1. The van der Waals surface area contributed by atoms with Gasteiger partial charge in [-0.3, -0.25) is 4.79 Å². The highest BCUT2D eigenvalue weighted by atomic mass is 16.5. The Hall–Kier alpha value is -4.11. The second kappa shape index (κ2) is 10.1. The molecule has 3 aromatic rings. The molecule has 0 aliphatic carbocycles. The molecule has 0 saturated heterocycles. The minimum Gasteiger partial charge on any atom is -0.462 e. The number of aryl methyl sites for hydroxylation is 1. The Morgan fingerprint density at radius 1 is 1.10 bits per heavy atom. The number of carbonyl (C=O) groups excluding carboxylic acids is 2. The van der Waals surface area contributed by atoms with Crippen molar-refractivity contribution in [2.75, 3.05) is 11.9 Å². The summed E-state index contributed by atoms with van der Waals surface area (Å²) in [5.41, 5.74) is 2.69. The largest absolute Gasteiger partial charge is 0.462 e. The number of esters is 1. The molecule has 156 valence electrons. The van der Waals surface area contributed by atoms with E-state index in [4.69, 9.17) is 9.15 Å². The first-order chi connectivity index (χ1) is 15.0. The van der Waals surface area contributed by atoms with Crippen molar-refractivity contribution in [3.63, 3.8) is 0 Å². The van der Waals surface area contributed by atoms with Crippen molar-refractivity contribution < 1.29 is 18.7 Å². The molecular weight excluding hydrogens is 392 g/mol. The molecule has 31 heavy (non-hydrogen) atoms. The molecule has 0 aliphatic heterocycles. The molecule has 3 rings (SSSR count). The number of amides is 1. The Balaban J connectivity index is 1.74. The van der Waals surface area contributed by atoms with Gasteiger partial charge in [0.2, 0.25) is 0 Å². The number of benzene rings is 2. The summed E-state index contributed by atoms with van der Waals surface area (Å²) in [6.45, 7) is 4.19. The van der Waals surface area contributed by atoms with Gasteiger partial charge in [0, 0.05) is 17.3 Å². The number of nitrogens with one attached hydrogen (secondary N) is 1. The summed E-state index contributed by atoms with van der Waals surface area (Å²) in [5.74, 6) is 0.0498. The molecule has 0 radical (unpaired) electrons. The first kappa shape index (κ1) is 21.6. The number of hydrogen-bond acceptors (Lipinski definition) is 5. The highest BCUT2D eigenvalue weighted by Crippen LogP contribution is 2.24. The Morgan fingerprint density at radius 3 is 2.52 bits per heavy atom. The molecule has 6 heteroatoms. The molecular formula is C25H22N2O4. The third-order valence-corrected chi connectivity index (χ3v) is 4.51. The number of anilines is 1. The molecule has 1 heterocycles. The van der Waals surface area contributed by atoms with E-state index < -0.39 is 5.91 Å². The van der Waals surface area contributed by atoms with Gasteiger partial charge in [-0.05, 0) is 49.2 Å². The third-order valence-electron chi connectivity index (χ3n) is 4.51. The number of rotatable bonds is 7. The van der Waals surface area contributed by atoms with Crippen molar-refractivity contribution >= 4 is 23.6 Å². The second-order valence-corrected chi connectivity index (χ2v) is 6.85. The van der Waals surface area contributed by atoms with Crippen LogP contribution in [-0.4, -0.2) is 18.5 Å². The maximum atomic E-state index is 12.5. The average molecular weight is 414 g/mol. The van der Waals surface area contributed by atoms with E-state index in [0.717, 1.165) is 17.5 Å². The van der Waals surface area contributed by atoms with Crippen LogP contribution in [0.3, 0.4) is 0 Å². The highest BCUT2D eigenvalue weighted by Gasteiger charge is 2.13. The molecule has 1 amide bonds. The SMILES string of the molecule is CCCOC(=O)c1ccc(-c2ccc(C=C(C#N)C(=O)Nc3ccccc3C)o2)cc1. The van der Waals surface area contributed by atoms with Crippen LogP contribution in [0.5, 0.6) is 0 Å². The van der Waals surface area contributed by atoms with Gasteiger partial charge in [0.15, 0.2) is 0 Å². The van der Waals surface area contributed by atoms with Crippen LogP contribution >= 0.6 is 0 Å². The highest BCUT2D eigenvalue weighted by molar-refractivity contribution is 6.09. The van der Waals surface area contributed by atoms with E-state index in [1.807, 2.05) is 38.1 Å². The van der Waals surface area contributed by atoms with E-state index in [2.05, 4.69) is 5.32 Å². The summed E-state index contributed by atoms with van der Waals surface area (Å²) in [4.78, 5) is 24.4. The van der Waals surface area contributed by atoms with Gasteiger partial charge in [-0.1, -0.05) is 37.3 Å². The predicted octanol–water partition coefficient (Wildman–Crippen LogP) is 5.37. The van der Waals surface area contributed by atoms with Crippen LogP contribution in [0.1, 0.15) is 35.0 Å². The quantitative estimate of drug-likeness (QED) is 0.319. The maximum absolute atomic E-state index is 12.5. The summed E-state index contributed by atoms with van der Waals surface area (Å²) in [6.07, 6.45) is 2.16. The minimum atomic E-state index is -0.510. The Kier molecular flexibility index (Phi) is 7.02. The van der Waals surface area contributed by atoms with Crippen molar-refractivity contribution in [3.05, 3.63) is 83.1 Å². The van der Waals surface area contributed by atoms with Gasteiger partial charge in [-0.25, -0.2) is 4.79 Å². The van der Waals surface area contributed by atoms with Gasteiger partial charge in [0.05, 0.1) is 12.2 Å². The topological polar surface area (TPSA) is 92.3 Å². The molecule has 0 spiro atoms. The monoisotopic (exact) mass is 414 g/mol. The first-order valence-electron chi connectivity index (χ1n) is 9.88. The fourth-order valence-corrected chi connectivity index (χ4v) is 2.83. The van der Waals surface area contributed by atoms with Gasteiger partial charge < -0.3 is 14.5 Å². The zero-order valence-electron chi connectivity index (χ0n) is 17.3. The minimum absolute atomic E-state index is 0.0711. The van der Waals surface area contributed by atoms with Crippen molar-refractivity contribution in [2.24, 2.45) is 0 Å². The molecule has 0 atom stereocenters. The third kappa shape index (κ3) is 5.49. The van der Waals surface area contributed by atoms with Crippen LogP contribution in [0.15, 0.2) is 70.7 Å². The Labute approximate surface area is 180 Å². The van der Waals surface area contributed by atoms with Crippen LogP contribution in [0.25, 0.3) is 17.4 Å². The lowest BCUT2D eigenvalue weighted by atomic mass is 10.1. The number of hydrogen-bond donors (Lipinski definition) is 1. The van der Waals surface area contributed by atoms with Crippen molar-refractivity contribution in [3.8, 4) is 17.4 Å². The van der Waals surface area contributed by atoms with Crippen LogP contribution in [0.2, 0.25) is 0 Å². The van der Waals surface area contributed by atoms with E-state index in [9.17, 15) is 14.9 Å². The molecule has 6 nitrogen and oxygen atoms in total. The van der Waals surface area contributed by atoms with E-state index in [1.54, 1.807) is 42.5 Å². The lowest BCUT2D eigenvalue weighted by Gasteiger charge is -2.06. The van der Waals surface area contributed by atoms with E-state index in [1.165, 1.54) is 6.08 Å². The second-order valence-electron chi connectivity index (χ2n) is 6.85. The molecule has 0 unspecified atom stereocenters. The summed E-state index contributed by atoms with van der Waals surface area (Å²) in [5, 5.41) is 12.1. The van der Waals surface area contributed by atoms with Gasteiger partial charge in [0.25, 0.3) is 5.91 Å². The number of furan rings is 1. The number of carbonyl (C=O) groups is 2. The summed E-state index contributed by atoms with van der Waals surface area (Å²) < 4.78 is 10.9. The van der Waals surface area contributed by atoms with Crippen molar-refractivity contribution in [1.29, 1.82) is 5.26 Å². The van der Waals surface area contributed by atoms with E-state index >= 15 is 0 Å². The number of ether oxygens (including phenoxy) is 1. The van der Waals surface area contributed by atoms with Gasteiger partial charge in [-0.15, -0.1) is 0 Å². The maximum Gasteiger partial charge on any atom is 0.338 e. The Morgan fingerprint density at radius 2 is 1.84 bits per heavy atom. The summed E-state index contributed by atoms with van der Waals surface area (Å²) in [6, 6.07) is 19.5. The lowest BCUT2D eigenvalue weighted by molar-refractivity contribution is -0.112. The average Bonchev–Trinajstić information content (AvgIpc) is 3.26. The predicted molar refractivity (Wildman–Crippen MR) is 118 cm³/mol. The molecule has 0 saturated carbocycles. The number of nitriles is 1. The zero-order chi connectivity index (χ0) is 22.2. The number of nitrogens with zero attached hydrogens (tertiary/aromatic N) is 1. The first-order valence-corrected chi connectivity index (χ1v) is 9.88. The Bertz CT molecular complexity index is 1150. The fraction of sp³-hybridized carbons (Fsp3) is 0.160. The summed E-state index contributed by atoms with van der Waals surface area (Å²) >= 11 is 0. The van der Waals surface area contributed by atoms with Crippen LogP contribution in [0.4, 0.5) is 5.69 Å². The summed E-state index contributed by atoms with van der Waals surface area (Å²) in [7, 11) is 0. The van der Waals surface area contributed by atoms with Gasteiger partial charge in [0.1, 0.15) is 23.2 Å². The molecule has 1 N–H and O–H groups in total. The van der Waals surface area contributed by atoms with E-state index in [0.29, 0.717) is 29.4 Å². The van der Waals surface area contributed by atoms with E-state index in [-0.39, 0.29) is 11.5 Å². The lowest BCUT2D eigenvalue weighted by Crippen LogP contribution is -2.14. The molecule has 0 aliphatic rings. The van der Waals surface area contributed by atoms with Gasteiger partial charge in [-0.2, -0.15) is 5.26 Å². The standard InChI is InChI=1S/C25H22N2O4/c1-3-14-30-25(29)19-10-8-18(9-11-19)23-13-12-21(31-23)15-20(16-26)24(28)27-22-7-5-4-6-17(22)2/h4-13,15H,3,14H2,1-2H3,(H,27,28). The molecule has 0 fully saturated rings. The van der Waals surface area contributed by atoms with Crippen molar-refractivity contribution in [1.82, 2.24) is 0 Å². The van der Waals surface area contributed by atoms with Crippen LogP contribution in [0, 0.1) is 18.3 Å². The zero-order valence-corrected chi connectivity index (χ0v) is 17.3. The molecule has 0 bridgehead atoms.